The summed E-state index contributed by atoms with van der Waals surface area (Å²) in [6.45, 7) is 4.90. The molecule has 6 heteroatoms. The van der Waals surface area contributed by atoms with Crippen LogP contribution >= 0.6 is 0 Å². The Morgan fingerprint density at radius 1 is 0.478 bits per heavy atom. The molecule has 0 amide bonds. The Labute approximate surface area is 396 Å². The van der Waals surface area contributed by atoms with Crippen LogP contribution in [0.1, 0.15) is 37.0 Å². The smallest absolute Gasteiger partial charge is 0.155 e. The molecular formula is C63H43N3O3. The first kappa shape index (κ1) is 39.4. The molecule has 0 aliphatic heterocycles. The standard InChI is InChI=1S/C63H43N3O3/c1-3-37(2)61(65-63(42-26-31-58-49(34-42)45-19-9-12-22-55(45)68-58)64-36-38-24-30-57-48(32-38)44-18-8-11-21-54(44)67-57)47-27-29-52(60-46-20-10-13-23-56(46)69-62(47)60)66-51-28-25-39-14-6-7-17-43(39)59(51)50-33-40-15-4-5-16-41(40)35-53(50)66/h4-35,37H,3,36H2,1-2H3. The van der Waals surface area contributed by atoms with Gasteiger partial charge in [0.1, 0.15) is 33.5 Å². The Hall–Kier alpha value is -8.74. The van der Waals surface area contributed by atoms with Crippen LogP contribution in [0.4, 0.5) is 0 Å². The molecule has 14 aromatic rings. The summed E-state index contributed by atoms with van der Waals surface area (Å²) in [4.78, 5) is 11.1. The van der Waals surface area contributed by atoms with E-state index in [9.17, 15) is 0 Å². The zero-order valence-electron chi connectivity index (χ0n) is 38.0. The molecule has 0 aliphatic carbocycles. The lowest BCUT2D eigenvalue weighted by Crippen LogP contribution is -2.16. The predicted molar refractivity (Wildman–Crippen MR) is 287 cm³/mol. The van der Waals surface area contributed by atoms with Gasteiger partial charge in [0, 0.05) is 48.8 Å². The van der Waals surface area contributed by atoms with Crippen molar-refractivity contribution in [3.63, 3.8) is 0 Å². The molecule has 1 atom stereocenters. The molecule has 10 aromatic carbocycles. The first-order valence-electron chi connectivity index (χ1n) is 23.8. The summed E-state index contributed by atoms with van der Waals surface area (Å²) in [5.41, 5.74) is 12.2. The number of furan rings is 3. The molecule has 6 nitrogen and oxygen atoms in total. The minimum absolute atomic E-state index is 0.0514. The van der Waals surface area contributed by atoms with Crippen molar-refractivity contribution < 1.29 is 13.3 Å². The van der Waals surface area contributed by atoms with Crippen molar-refractivity contribution in [2.75, 3.05) is 0 Å². The van der Waals surface area contributed by atoms with Crippen molar-refractivity contribution in [1.82, 2.24) is 4.57 Å². The number of nitrogens with zero attached hydrogens (tertiary/aromatic N) is 3. The first-order chi connectivity index (χ1) is 34.1. The normalized spacial score (nSPS) is 13.3. The molecule has 14 rings (SSSR count). The lowest BCUT2D eigenvalue weighted by Gasteiger charge is -2.17. The zero-order valence-corrected chi connectivity index (χ0v) is 38.0. The van der Waals surface area contributed by atoms with Crippen LogP contribution in [0.25, 0.3) is 115 Å². The topological polar surface area (TPSA) is 69.1 Å². The van der Waals surface area contributed by atoms with E-state index in [1.54, 1.807) is 0 Å². The van der Waals surface area contributed by atoms with Crippen molar-refractivity contribution in [2.45, 2.75) is 26.8 Å². The number of aromatic nitrogens is 1. The fourth-order valence-corrected chi connectivity index (χ4v) is 10.8. The maximum Gasteiger partial charge on any atom is 0.155 e. The fraction of sp³-hybridized carbons (Fsp3) is 0.0794. The average molecular weight is 890 g/mol. The van der Waals surface area contributed by atoms with E-state index in [-0.39, 0.29) is 5.92 Å². The highest BCUT2D eigenvalue weighted by molar-refractivity contribution is 6.26. The van der Waals surface area contributed by atoms with Gasteiger partial charge in [-0.3, -0.25) is 4.99 Å². The highest BCUT2D eigenvalue weighted by Crippen LogP contribution is 2.43. The van der Waals surface area contributed by atoms with Crippen LogP contribution < -0.4 is 0 Å². The number of amidine groups is 1. The third-order valence-corrected chi connectivity index (χ3v) is 14.3. The van der Waals surface area contributed by atoms with Crippen LogP contribution in [-0.2, 0) is 6.54 Å². The third-order valence-electron chi connectivity index (χ3n) is 14.3. The molecule has 69 heavy (non-hydrogen) atoms. The van der Waals surface area contributed by atoms with E-state index < -0.39 is 0 Å². The number of rotatable bonds is 7. The van der Waals surface area contributed by atoms with Gasteiger partial charge >= 0.3 is 0 Å². The maximum absolute atomic E-state index is 7.09. The van der Waals surface area contributed by atoms with Crippen LogP contribution in [0.15, 0.2) is 217 Å². The quantitative estimate of drug-likeness (QED) is 0.118. The van der Waals surface area contributed by atoms with Crippen molar-refractivity contribution in [3.05, 3.63) is 211 Å². The lowest BCUT2D eigenvalue weighted by atomic mass is 9.93. The summed E-state index contributed by atoms with van der Waals surface area (Å²) in [5, 5.41) is 13.7. The Kier molecular flexibility index (Phi) is 8.80. The van der Waals surface area contributed by atoms with E-state index in [0.717, 1.165) is 111 Å². The summed E-state index contributed by atoms with van der Waals surface area (Å²) >= 11 is 0. The summed E-state index contributed by atoms with van der Waals surface area (Å²) in [5.74, 6) is 0.694. The highest BCUT2D eigenvalue weighted by atomic mass is 16.3. The van der Waals surface area contributed by atoms with Gasteiger partial charge in [-0.05, 0) is 118 Å². The molecule has 4 aromatic heterocycles. The molecule has 0 saturated heterocycles. The molecule has 0 fully saturated rings. The van der Waals surface area contributed by atoms with Gasteiger partial charge in [0.15, 0.2) is 5.84 Å². The van der Waals surface area contributed by atoms with Crippen LogP contribution in [-0.4, -0.2) is 16.1 Å². The minimum Gasteiger partial charge on any atom is -0.456 e. The van der Waals surface area contributed by atoms with Gasteiger partial charge in [-0.25, -0.2) is 4.99 Å². The second kappa shape index (κ2) is 15.4. The van der Waals surface area contributed by atoms with Gasteiger partial charge in [-0.2, -0.15) is 0 Å². The number of fused-ring (bicyclic) bond motifs is 15. The van der Waals surface area contributed by atoms with Crippen molar-refractivity contribution in [1.29, 1.82) is 0 Å². The SMILES string of the molecule is CCC(C)C(=NC(=NCc1ccc2oc3ccccc3c2c1)c1ccc2oc3ccccc3c2c1)c1ccc(-n2c3cc4ccccc4cc3c3c4ccccc4ccc32)c2c1oc1ccccc12. The second-order valence-corrected chi connectivity index (χ2v) is 18.4. The van der Waals surface area contributed by atoms with Crippen molar-refractivity contribution >= 4 is 121 Å². The summed E-state index contributed by atoms with van der Waals surface area (Å²) in [7, 11) is 0. The second-order valence-electron chi connectivity index (χ2n) is 18.4. The predicted octanol–water partition coefficient (Wildman–Crippen LogP) is 17.3. The largest absolute Gasteiger partial charge is 0.456 e. The molecule has 1 unspecified atom stereocenters. The number of benzene rings is 10. The van der Waals surface area contributed by atoms with Crippen molar-refractivity contribution in [2.24, 2.45) is 15.9 Å². The number of hydrogen-bond donors (Lipinski definition) is 0. The van der Waals surface area contributed by atoms with E-state index >= 15 is 0 Å². The van der Waals surface area contributed by atoms with Gasteiger partial charge in [0.05, 0.1) is 34.4 Å². The van der Waals surface area contributed by atoms with Gasteiger partial charge in [0.25, 0.3) is 0 Å². The van der Waals surface area contributed by atoms with Gasteiger partial charge in [-0.1, -0.05) is 129 Å². The maximum atomic E-state index is 7.09. The molecule has 0 saturated carbocycles. The van der Waals surface area contributed by atoms with Gasteiger partial charge in [0.2, 0.25) is 0 Å². The molecule has 4 heterocycles. The Morgan fingerprint density at radius 2 is 1.09 bits per heavy atom. The molecule has 0 aliphatic rings. The van der Waals surface area contributed by atoms with E-state index in [2.05, 4.69) is 182 Å². The van der Waals surface area contributed by atoms with E-state index in [4.69, 9.17) is 23.2 Å². The molecule has 0 spiro atoms. The van der Waals surface area contributed by atoms with Crippen LogP contribution in [0.2, 0.25) is 0 Å². The minimum atomic E-state index is 0.0514. The number of hydrogen-bond acceptors (Lipinski definition) is 4. The molecule has 0 bridgehead atoms. The van der Waals surface area contributed by atoms with Gasteiger partial charge in [-0.15, -0.1) is 0 Å². The number of para-hydroxylation sites is 3. The van der Waals surface area contributed by atoms with Crippen LogP contribution in [0.5, 0.6) is 0 Å². The molecular weight excluding hydrogens is 847 g/mol. The van der Waals surface area contributed by atoms with E-state index in [1.165, 1.54) is 32.3 Å². The Balaban J connectivity index is 1.01. The van der Waals surface area contributed by atoms with E-state index in [1.807, 2.05) is 30.3 Å². The van der Waals surface area contributed by atoms with E-state index in [0.29, 0.717) is 12.4 Å². The first-order valence-corrected chi connectivity index (χ1v) is 23.8. The average Bonchev–Trinajstić information content (AvgIpc) is 4.17. The summed E-state index contributed by atoms with van der Waals surface area (Å²) < 4.78 is 22.0. The monoisotopic (exact) mass is 889 g/mol. The van der Waals surface area contributed by atoms with Crippen LogP contribution in [0.3, 0.4) is 0 Å². The Bertz CT molecular complexity index is 4480. The van der Waals surface area contributed by atoms with Crippen molar-refractivity contribution in [3.8, 4) is 5.69 Å². The molecule has 0 radical (unpaired) electrons. The molecule has 0 N–H and O–H groups in total. The number of aliphatic imine (C=N–C) groups is 2. The van der Waals surface area contributed by atoms with Crippen LogP contribution in [0, 0.1) is 5.92 Å². The van der Waals surface area contributed by atoms with Gasteiger partial charge < -0.3 is 17.8 Å². The zero-order chi connectivity index (χ0) is 45.7. The summed E-state index contributed by atoms with van der Waals surface area (Å²) in [6, 6.07) is 68.6. The molecule has 328 valence electrons. The summed E-state index contributed by atoms with van der Waals surface area (Å²) in [6.07, 6.45) is 0.859. The Morgan fingerprint density at radius 3 is 1.83 bits per heavy atom. The lowest BCUT2D eigenvalue weighted by molar-refractivity contribution is 0.665. The highest BCUT2D eigenvalue weighted by Gasteiger charge is 2.25. The fourth-order valence-electron chi connectivity index (χ4n) is 10.8. The third kappa shape index (κ3) is 6.18.